The number of nitrogens with zero attached hydrogens (tertiary/aromatic N) is 2. The summed E-state index contributed by atoms with van der Waals surface area (Å²) < 4.78 is 5.27. The third-order valence-corrected chi connectivity index (χ3v) is 4.29. The molecule has 0 aliphatic rings. The average Bonchev–Trinajstić information content (AvgIpc) is 2.62. The zero-order chi connectivity index (χ0) is 18.7. The Kier molecular flexibility index (Phi) is 5.23. The van der Waals surface area contributed by atoms with E-state index in [1.54, 1.807) is 50.6 Å². The van der Waals surface area contributed by atoms with Crippen LogP contribution in [0.2, 0.25) is 5.02 Å². The standard InChI is InChI=1S/C19H18ClN3O3/c1-23(18(24)10-12-9-13(20)7-8-16(12)26-2)11-17-21-15-6-4-3-5-14(15)19(25)22-17/h3-9H,10-11H2,1-2H3,(H,21,22,25). The summed E-state index contributed by atoms with van der Waals surface area (Å²) >= 11 is 6.01. The molecule has 6 nitrogen and oxygen atoms in total. The van der Waals surface area contributed by atoms with Crippen LogP contribution >= 0.6 is 11.6 Å². The van der Waals surface area contributed by atoms with E-state index < -0.39 is 0 Å². The number of amides is 1. The van der Waals surface area contributed by atoms with Crippen LogP contribution in [0, 0.1) is 0 Å². The van der Waals surface area contributed by atoms with Crippen molar-refractivity contribution >= 4 is 28.4 Å². The number of hydrogen-bond donors (Lipinski definition) is 1. The maximum absolute atomic E-state index is 12.6. The number of methoxy groups -OCH3 is 1. The zero-order valence-corrected chi connectivity index (χ0v) is 15.2. The quantitative estimate of drug-likeness (QED) is 0.748. The van der Waals surface area contributed by atoms with E-state index in [4.69, 9.17) is 16.3 Å². The van der Waals surface area contributed by atoms with Crippen molar-refractivity contribution in [2.75, 3.05) is 14.2 Å². The monoisotopic (exact) mass is 371 g/mol. The molecule has 3 rings (SSSR count). The van der Waals surface area contributed by atoms with Gasteiger partial charge in [-0.25, -0.2) is 4.98 Å². The number of benzene rings is 2. The normalized spacial score (nSPS) is 10.7. The predicted molar refractivity (Wildman–Crippen MR) is 101 cm³/mol. The van der Waals surface area contributed by atoms with Gasteiger partial charge in [0, 0.05) is 17.6 Å². The van der Waals surface area contributed by atoms with Crippen LogP contribution in [0.1, 0.15) is 11.4 Å². The summed E-state index contributed by atoms with van der Waals surface area (Å²) in [6.45, 7) is 0.196. The number of nitrogens with one attached hydrogen (secondary N) is 1. The number of rotatable bonds is 5. The van der Waals surface area contributed by atoms with Gasteiger partial charge in [0.1, 0.15) is 11.6 Å². The molecule has 1 heterocycles. The number of likely N-dealkylation sites (N-methyl/N-ethyl adjacent to an activating group) is 1. The highest BCUT2D eigenvalue weighted by molar-refractivity contribution is 6.30. The Labute approximate surface area is 155 Å². The van der Waals surface area contributed by atoms with Crippen LogP contribution in [0.5, 0.6) is 5.75 Å². The van der Waals surface area contributed by atoms with Crippen LogP contribution < -0.4 is 10.3 Å². The second-order valence-electron chi connectivity index (χ2n) is 5.91. The van der Waals surface area contributed by atoms with Gasteiger partial charge < -0.3 is 14.6 Å². The van der Waals surface area contributed by atoms with Gasteiger partial charge in [-0.05, 0) is 30.3 Å². The number of hydrogen-bond acceptors (Lipinski definition) is 4. The Morgan fingerprint density at radius 1 is 1.27 bits per heavy atom. The van der Waals surface area contributed by atoms with Crippen LogP contribution in [0.15, 0.2) is 47.3 Å². The SMILES string of the molecule is COc1ccc(Cl)cc1CC(=O)N(C)Cc1nc2ccccc2c(=O)[nH]1. The van der Waals surface area contributed by atoms with Gasteiger partial charge in [-0.2, -0.15) is 0 Å². The van der Waals surface area contributed by atoms with Crippen molar-refractivity contribution < 1.29 is 9.53 Å². The van der Waals surface area contributed by atoms with Crippen LogP contribution in [-0.2, 0) is 17.8 Å². The summed E-state index contributed by atoms with van der Waals surface area (Å²) in [5.41, 5.74) is 1.09. The lowest BCUT2D eigenvalue weighted by atomic mass is 10.1. The van der Waals surface area contributed by atoms with Gasteiger partial charge in [0.05, 0.1) is 31.0 Å². The number of fused-ring (bicyclic) bond motifs is 1. The maximum Gasteiger partial charge on any atom is 0.258 e. The fourth-order valence-electron chi connectivity index (χ4n) is 2.71. The number of aromatic amines is 1. The molecule has 0 radical (unpaired) electrons. The second kappa shape index (κ2) is 7.58. The van der Waals surface area contributed by atoms with E-state index in [0.29, 0.717) is 33.1 Å². The molecule has 0 aliphatic heterocycles. The lowest BCUT2D eigenvalue weighted by Crippen LogP contribution is -2.29. The van der Waals surface area contributed by atoms with Crippen molar-refractivity contribution in [2.24, 2.45) is 0 Å². The molecule has 0 saturated heterocycles. The topological polar surface area (TPSA) is 75.3 Å². The number of ether oxygens (including phenoxy) is 1. The largest absolute Gasteiger partial charge is 0.496 e. The molecule has 0 fully saturated rings. The fraction of sp³-hybridized carbons (Fsp3) is 0.211. The van der Waals surface area contributed by atoms with Gasteiger partial charge in [0.25, 0.3) is 5.56 Å². The molecule has 1 N–H and O–H groups in total. The van der Waals surface area contributed by atoms with Crippen molar-refractivity contribution in [3.05, 3.63) is 69.2 Å². The molecule has 0 atom stereocenters. The van der Waals surface area contributed by atoms with Crippen molar-refractivity contribution in [2.45, 2.75) is 13.0 Å². The molecule has 1 aromatic heterocycles. The highest BCUT2D eigenvalue weighted by atomic mass is 35.5. The Morgan fingerprint density at radius 3 is 2.81 bits per heavy atom. The van der Waals surface area contributed by atoms with Gasteiger partial charge in [0.15, 0.2) is 0 Å². The minimum atomic E-state index is -0.219. The first-order valence-corrected chi connectivity index (χ1v) is 8.40. The number of carbonyl (C=O) groups excluding carboxylic acids is 1. The highest BCUT2D eigenvalue weighted by Gasteiger charge is 2.15. The number of carbonyl (C=O) groups is 1. The number of halogens is 1. The minimum Gasteiger partial charge on any atom is -0.496 e. The Balaban J connectivity index is 1.78. The van der Waals surface area contributed by atoms with Crippen molar-refractivity contribution in [1.82, 2.24) is 14.9 Å². The average molecular weight is 372 g/mol. The molecule has 134 valence electrons. The maximum atomic E-state index is 12.6. The summed E-state index contributed by atoms with van der Waals surface area (Å²) in [4.78, 5) is 33.3. The van der Waals surface area contributed by atoms with E-state index in [1.165, 1.54) is 4.90 Å². The third kappa shape index (κ3) is 3.86. The fourth-order valence-corrected chi connectivity index (χ4v) is 2.90. The van der Waals surface area contributed by atoms with Crippen molar-refractivity contribution in [3.63, 3.8) is 0 Å². The first kappa shape index (κ1) is 17.9. The molecule has 0 spiro atoms. The summed E-state index contributed by atoms with van der Waals surface area (Å²) in [6.07, 6.45) is 0.137. The molecule has 0 aliphatic carbocycles. The summed E-state index contributed by atoms with van der Waals surface area (Å²) in [5, 5.41) is 1.06. The summed E-state index contributed by atoms with van der Waals surface area (Å²) in [5.74, 6) is 0.900. The van der Waals surface area contributed by atoms with Crippen LogP contribution in [0.25, 0.3) is 10.9 Å². The summed E-state index contributed by atoms with van der Waals surface area (Å²) in [6, 6.07) is 12.2. The molecule has 0 saturated carbocycles. The van der Waals surface area contributed by atoms with E-state index >= 15 is 0 Å². The van der Waals surface area contributed by atoms with Gasteiger partial charge >= 0.3 is 0 Å². The molecular formula is C19H18ClN3O3. The zero-order valence-electron chi connectivity index (χ0n) is 14.5. The first-order chi connectivity index (χ1) is 12.5. The van der Waals surface area contributed by atoms with E-state index in [-0.39, 0.29) is 24.4 Å². The summed E-state index contributed by atoms with van der Waals surface area (Å²) in [7, 11) is 3.21. The predicted octanol–water partition coefficient (Wildman–Crippen LogP) is 2.79. The van der Waals surface area contributed by atoms with Crippen LogP contribution in [0.4, 0.5) is 0 Å². The lowest BCUT2D eigenvalue weighted by molar-refractivity contribution is -0.129. The smallest absolute Gasteiger partial charge is 0.258 e. The molecule has 1 amide bonds. The Bertz CT molecular complexity index is 1020. The highest BCUT2D eigenvalue weighted by Crippen LogP contribution is 2.23. The Morgan fingerprint density at radius 2 is 2.04 bits per heavy atom. The van der Waals surface area contributed by atoms with Crippen molar-refractivity contribution in [3.8, 4) is 5.75 Å². The van der Waals surface area contributed by atoms with E-state index in [1.807, 2.05) is 6.07 Å². The van der Waals surface area contributed by atoms with Crippen LogP contribution in [-0.4, -0.2) is 34.9 Å². The van der Waals surface area contributed by atoms with E-state index in [0.717, 1.165) is 0 Å². The Hall–Kier alpha value is -2.86. The van der Waals surface area contributed by atoms with E-state index in [2.05, 4.69) is 9.97 Å². The number of para-hydroxylation sites is 1. The first-order valence-electron chi connectivity index (χ1n) is 8.02. The molecule has 7 heteroatoms. The minimum absolute atomic E-state index is 0.137. The van der Waals surface area contributed by atoms with Gasteiger partial charge in [-0.3, -0.25) is 9.59 Å². The van der Waals surface area contributed by atoms with Crippen molar-refractivity contribution in [1.29, 1.82) is 0 Å². The number of H-pyrrole nitrogens is 1. The molecule has 3 aromatic rings. The number of aromatic nitrogens is 2. The second-order valence-corrected chi connectivity index (χ2v) is 6.35. The van der Waals surface area contributed by atoms with E-state index in [9.17, 15) is 9.59 Å². The lowest BCUT2D eigenvalue weighted by Gasteiger charge is -2.18. The molecule has 26 heavy (non-hydrogen) atoms. The molecular weight excluding hydrogens is 354 g/mol. The van der Waals surface area contributed by atoms with Gasteiger partial charge in [-0.15, -0.1) is 0 Å². The van der Waals surface area contributed by atoms with Gasteiger partial charge in [-0.1, -0.05) is 23.7 Å². The van der Waals surface area contributed by atoms with Gasteiger partial charge in [0.2, 0.25) is 5.91 Å². The third-order valence-electron chi connectivity index (χ3n) is 4.06. The molecule has 2 aromatic carbocycles. The van der Waals surface area contributed by atoms with Crippen LogP contribution in [0.3, 0.4) is 0 Å². The molecule has 0 bridgehead atoms. The molecule has 0 unspecified atom stereocenters.